The fraction of sp³-hybridized carbons (Fsp3) is 0.375. The van der Waals surface area contributed by atoms with E-state index in [4.69, 9.17) is 16.9 Å². The van der Waals surface area contributed by atoms with Crippen molar-refractivity contribution in [3.05, 3.63) is 64.7 Å². The van der Waals surface area contributed by atoms with Gasteiger partial charge in [0.2, 0.25) is 11.8 Å². The molecular weight excluding hydrogens is 412 g/mol. The van der Waals surface area contributed by atoms with E-state index < -0.39 is 5.41 Å². The maximum Gasteiger partial charge on any atom is 0.232 e. The number of amides is 2. The second kappa shape index (κ2) is 9.95. The Balaban J connectivity index is 1.46. The van der Waals surface area contributed by atoms with Crippen LogP contribution >= 0.6 is 11.6 Å². The summed E-state index contributed by atoms with van der Waals surface area (Å²) in [6, 6.07) is 16.7. The molecule has 0 bridgehead atoms. The largest absolute Gasteiger partial charge is 0.339 e. The van der Waals surface area contributed by atoms with Crippen molar-refractivity contribution in [1.29, 1.82) is 5.26 Å². The molecule has 1 heterocycles. The van der Waals surface area contributed by atoms with E-state index in [0.29, 0.717) is 42.3 Å². The molecule has 0 aliphatic carbocycles. The average molecular weight is 439 g/mol. The molecule has 1 aliphatic rings. The molecule has 2 aromatic rings. The lowest BCUT2D eigenvalue weighted by Crippen LogP contribution is -2.53. The standard InChI is InChI=1S/C24H27ClN4O2/c1-24(2,19-6-4-3-5-7-19)23(31)29-14-12-28(13-15-29)11-10-22(30)27-20-9-8-18(17-26)21(25)16-20/h3-9,16H,10-15H2,1-2H3,(H,27,30). The highest BCUT2D eigenvalue weighted by molar-refractivity contribution is 6.32. The van der Waals surface area contributed by atoms with Gasteiger partial charge in [-0.3, -0.25) is 14.5 Å². The van der Waals surface area contributed by atoms with Crippen LogP contribution in [0.15, 0.2) is 48.5 Å². The SMILES string of the molecule is CC(C)(C(=O)N1CCN(CCC(=O)Nc2ccc(C#N)c(Cl)c2)CC1)c1ccccc1. The van der Waals surface area contributed by atoms with Crippen LogP contribution in [0.5, 0.6) is 0 Å². The van der Waals surface area contributed by atoms with Crippen molar-refractivity contribution in [1.82, 2.24) is 9.80 Å². The Bertz CT molecular complexity index is 977. The van der Waals surface area contributed by atoms with E-state index in [-0.39, 0.29) is 11.8 Å². The highest BCUT2D eigenvalue weighted by Crippen LogP contribution is 2.26. The normalized spacial score (nSPS) is 14.7. The molecule has 0 radical (unpaired) electrons. The number of hydrogen-bond acceptors (Lipinski definition) is 4. The minimum atomic E-state index is -0.564. The van der Waals surface area contributed by atoms with Gasteiger partial charge in [0.25, 0.3) is 0 Å². The summed E-state index contributed by atoms with van der Waals surface area (Å²) in [6.07, 6.45) is 0.348. The zero-order chi connectivity index (χ0) is 22.4. The first kappa shape index (κ1) is 22.8. The van der Waals surface area contributed by atoms with Crippen molar-refractivity contribution in [3.8, 4) is 6.07 Å². The number of nitrogens with one attached hydrogen (secondary N) is 1. The van der Waals surface area contributed by atoms with Crippen molar-refractivity contribution in [2.45, 2.75) is 25.7 Å². The Morgan fingerprint density at radius 2 is 1.77 bits per heavy atom. The summed E-state index contributed by atoms with van der Waals surface area (Å²) in [5.74, 6) is 0.0262. The Labute approximate surface area is 188 Å². The fourth-order valence-corrected chi connectivity index (χ4v) is 3.94. The predicted molar refractivity (Wildman–Crippen MR) is 122 cm³/mol. The summed E-state index contributed by atoms with van der Waals surface area (Å²) in [6.45, 7) is 7.36. The molecule has 0 saturated carbocycles. The molecule has 0 aromatic heterocycles. The number of benzene rings is 2. The van der Waals surface area contributed by atoms with Crippen LogP contribution in [0, 0.1) is 11.3 Å². The van der Waals surface area contributed by atoms with Crippen molar-refractivity contribution >= 4 is 29.1 Å². The summed E-state index contributed by atoms with van der Waals surface area (Å²) >= 11 is 6.01. The van der Waals surface area contributed by atoms with Gasteiger partial charge >= 0.3 is 0 Å². The lowest BCUT2D eigenvalue weighted by Gasteiger charge is -2.38. The molecule has 31 heavy (non-hydrogen) atoms. The van der Waals surface area contributed by atoms with Crippen LogP contribution in [0.1, 0.15) is 31.4 Å². The van der Waals surface area contributed by atoms with Gasteiger partial charge in [-0.1, -0.05) is 41.9 Å². The molecule has 2 amide bonds. The van der Waals surface area contributed by atoms with E-state index in [2.05, 4.69) is 10.2 Å². The number of nitriles is 1. The van der Waals surface area contributed by atoms with Crippen LogP contribution in [0.4, 0.5) is 5.69 Å². The quantitative estimate of drug-likeness (QED) is 0.746. The molecule has 2 aromatic carbocycles. The molecule has 0 atom stereocenters. The Morgan fingerprint density at radius 3 is 2.39 bits per heavy atom. The summed E-state index contributed by atoms with van der Waals surface area (Å²) in [7, 11) is 0. The zero-order valence-electron chi connectivity index (χ0n) is 17.9. The van der Waals surface area contributed by atoms with Crippen LogP contribution in [-0.2, 0) is 15.0 Å². The molecular formula is C24H27ClN4O2. The number of hydrogen-bond donors (Lipinski definition) is 1. The molecule has 162 valence electrons. The number of halogens is 1. The number of rotatable bonds is 6. The van der Waals surface area contributed by atoms with Crippen LogP contribution in [0.25, 0.3) is 0 Å². The van der Waals surface area contributed by atoms with Gasteiger partial charge in [-0.2, -0.15) is 5.26 Å². The molecule has 0 unspecified atom stereocenters. The minimum absolute atomic E-state index is 0.107. The molecule has 0 spiro atoms. The summed E-state index contributed by atoms with van der Waals surface area (Å²) in [5, 5.41) is 12.1. The van der Waals surface area contributed by atoms with E-state index in [9.17, 15) is 9.59 Å². The van der Waals surface area contributed by atoms with Gasteiger partial charge in [0.1, 0.15) is 6.07 Å². The van der Waals surface area contributed by atoms with Gasteiger partial charge in [0.05, 0.1) is 16.0 Å². The van der Waals surface area contributed by atoms with Gasteiger partial charge in [-0.25, -0.2) is 0 Å². The third-order valence-electron chi connectivity index (χ3n) is 5.72. The monoisotopic (exact) mass is 438 g/mol. The number of carbonyl (C=O) groups excluding carboxylic acids is 2. The Kier molecular flexibility index (Phi) is 7.32. The summed E-state index contributed by atoms with van der Waals surface area (Å²) in [4.78, 5) is 29.5. The van der Waals surface area contributed by atoms with Crippen LogP contribution in [0.3, 0.4) is 0 Å². The first-order chi connectivity index (χ1) is 14.8. The average Bonchev–Trinajstić information content (AvgIpc) is 2.78. The molecule has 1 aliphatic heterocycles. The number of anilines is 1. The predicted octanol–water partition coefficient (Wildman–Crippen LogP) is 3.66. The highest BCUT2D eigenvalue weighted by Gasteiger charge is 2.35. The first-order valence-electron chi connectivity index (χ1n) is 10.4. The van der Waals surface area contributed by atoms with Crippen molar-refractivity contribution in [2.24, 2.45) is 0 Å². The number of nitrogens with zero attached hydrogens (tertiary/aromatic N) is 3. The highest BCUT2D eigenvalue weighted by atomic mass is 35.5. The van der Waals surface area contributed by atoms with Gasteiger partial charge < -0.3 is 10.2 Å². The van der Waals surface area contributed by atoms with Crippen LogP contribution in [0.2, 0.25) is 5.02 Å². The third kappa shape index (κ3) is 5.63. The van der Waals surface area contributed by atoms with Crippen molar-refractivity contribution in [2.75, 3.05) is 38.0 Å². The molecule has 1 N–H and O–H groups in total. The lowest BCUT2D eigenvalue weighted by atomic mass is 9.83. The first-order valence-corrected chi connectivity index (χ1v) is 10.8. The van der Waals surface area contributed by atoms with Gasteiger partial charge in [-0.15, -0.1) is 0 Å². The van der Waals surface area contributed by atoms with E-state index in [1.54, 1.807) is 18.2 Å². The second-order valence-electron chi connectivity index (χ2n) is 8.23. The van der Waals surface area contributed by atoms with Crippen LogP contribution in [-0.4, -0.2) is 54.3 Å². The number of carbonyl (C=O) groups is 2. The third-order valence-corrected chi connectivity index (χ3v) is 6.03. The van der Waals surface area contributed by atoms with Gasteiger partial charge in [0.15, 0.2) is 0 Å². The van der Waals surface area contributed by atoms with E-state index in [1.165, 1.54) is 0 Å². The minimum Gasteiger partial charge on any atom is -0.339 e. The zero-order valence-corrected chi connectivity index (χ0v) is 18.7. The second-order valence-corrected chi connectivity index (χ2v) is 8.64. The van der Waals surface area contributed by atoms with E-state index >= 15 is 0 Å². The molecule has 1 fully saturated rings. The summed E-state index contributed by atoms with van der Waals surface area (Å²) in [5.41, 5.74) is 1.41. The summed E-state index contributed by atoms with van der Waals surface area (Å²) < 4.78 is 0. The van der Waals surface area contributed by atoms with E-state index in [0.717, 1.165) is 18.7 Å². The molecule has 1 saturated heterocycles. The molecule has 6 nitrogen and oxygen atoms in total. The van der Waals surface area contributed by atoms with Crippen molar-refractivity contribution in [3.63, 3.8) is 0 Å². The van der Waals surface area contributed by atoms with Crippen LogP contribution < -0.4 is 5.32 Å². The Morgan fingerprint density at radius 1 is 1.10 bits per heavy atom. The van der Waals surface area contributed by atoms with Crippen molar-refractivity contribution < 1.29 is 9.59 Å². The number of piperazine rings is 1. The maximum absolute atomic E-state index is 13.1. The molecule has 3 rings (SSSR count). The topological polar surface area (TPSA) is 76.4 Å². The lowest BCUT2D eigenvalue weighted by molar-refractivity contribution is -0.138. The van der Waals surface area contributed by atoms with E-state index in [1.807, 2.05) is 55.1 Å². The smallest absolute Gasteiger partial charge is 0.232 e. The van der Waals surface area contributed by atoms with Gasteiger partial charge in [-0.05, 0) is 37.6 Å². The molecule has 7 heteroatoms. The van der Waals surface area contributed by atoms with Gasteiger partial charge in [0, 0.05) is 44.8 Å². The fourth-order valence-electron chi connectivity index (χ4n) is 3.71. The maximum atomic E-state index is 13.1. The Hall–Kier alpha value is -2.88.